The Balaban J connectivity index is 1.20. The number of carbonyl (C=O) groups is 1. The monoisotopic (exact) mass is 495 g/mol. The minimum absolute atomic E-state index is 0.0319. The number of anilines is 3. The first-order valence-electron chi connectivity index (χ1n) is 11.7. The molecule has 4 heterocycles. The Morgan fingerprint density at radius 1 is 1.11 bits per heavy atom. The number of rotatable bonds is 6. The van der Waals surface area contributed by atoms with Crippen molar-refractivity contribution in [1.82, 2.24) is 25.1 Å². The van der Waals surface area contributed by atoms with Crippen LogP contribution in [0.4, 0.5) is 17.3 Å². The first-order chi connectivity index (χ1) is 18.1. The van der Waals surface area contributed by atoms with Crippen LogP contribution in [0.25, 0.3) is 22.5 Å². The molecule has 1 saturated carbocycles. The van der Waals surface area contributed by atoms with Crippen molar-refractivity contribution in [3.05, 3.63) is 66.2 Å². The SMILES string of the molecule is COc1ccc2c(c1)[C@]1(C[C@H]1c1ccc3c(Nc4nc(-c5ncco5)cnc4OC)n[nH]c3c1)C(=O)N2. The molecule has 0 radical (unpaired) electrons. The number of hydrogen-bond donors (Lipinski definition) is 3. The lowest BCUT2D eigenvalue weighted by Gasteiger charge is -2.10. The standard InChI is InChI=1S/C26H21N7O4/c1-35-14-4-6-18-16(10-14)26(25(34)30-18)11-17(26)13-3-5-15-19(9-13)32-33-21(15)31-22-24(36-2)28-12-20(29-22)23-27-7-8-37-23/h3-10,12,17H,11H2,1-2H3,(H,30,34)(H2,29,31,32,33)/t17-,26-/m0/s1. The van der Waals surface area contributed by atoms with E-state index in [-0.39, 0.29) is 11.8 Å². The summed E-state index contributed by atoms with van der Waals surface area (Å²) in [6.45, 7) is 0. The Kier molecular flexibility index (Phi) is 4.49. The van der Waals surface area contributed by atoms with Gasteiger partial charge in [0.1, 0.15) is 17.7 Å². The minimum atomic E-state index is -0.568. The van der Waals surface area contributed by atoms with E-state index < -0.39 is 5.41 Å². The summed E-state index contributed by atoms with van der Waals surface area (Å²) >= 11 is 0. The minimum Gasteiger partial charge on any atom is -0.497 e. The number of oxazole rings is 1. The normalized spacial score (nSPS) is 19.6. The van der Waals surface area contributed by atoms with Crippen molar-refractivity contribution in [3.8, 4) is 23.2 Å². The van der Waals surface area contributed by atoms with Gasteiger partial charge in [-0.2, -0.15) is 5.10 Å². The molecule has 3 aromatic heterocycles. The van der Waals surface area contributed by atoms with Crippen molar-refractivity contribution in [3.63, 3.8) is 0 Å². The number of hydrogen-bond acceptors (Lipinski definition) is 9. The van der Waals surface area contributed by atoms with E-state index in [1.807, 2.05) is 36.4 Å². The van der Waals surface area contributed by atoms with Crippen molar-refractivity contribution in [2.45, 2.75) is 17.8 Å². The van der Waals surface area contributed by atoms with Crippen molar-refractivity contribution in [2.24, 2.45) is 0 Å². The van der Waals surface area contributed by atoms with Crippen LogP contribution in [0.1, 0.15) is 23.5 Å². The van der Waals surface area contributed by atoms with Crippen LogP contribution >= 0.6 is 0 Å². The molecule has 2 aliphatic rings. The zero-order valence-electron chi connectivity index (χ0n) is 19.9. The molecule has 1 aliphatic carbocycles. The Morgan fingerprint density at radius 2 is 2.03 bits per heavy atom. The second-order valence-electron chi connectivity index (χ2n) is 9.05. The highest BCUT2D eigenvalue weighted by atomic mass is 16.5. The molecule has 3 N–H and O–H groups in total. The molecule has 11 nitrogen and oxygen atoms in total. The predicted molar refractivity (Wildman–Crippen MR) is 134 cm³/mol. The number of benzene rings is 2. The number of amides is 1. The molecule has 5 aromatic rings. The van der Waals surface area contributed by atoms with Crippen LogP contribution in [0, 0.1) is 0 Å². The predicted octanol–water partition coefficient (Wildman–Crippen LogP) is 4.15. The van der Waals surface area contributed by atoms with Gasteiger partial charge in [0.15, 0.2) is 11.6 Å². The number of ether oxygens (including phenoxy) is 2. The van der Waals surface area contributed by atoms with Crippen molar-refractivity contribution in [1.29, 1.82) is 0 Å². The van der Waals surface area contributed by atoms with Crippen molar-refractivity contribution >= 4 is 34.1 Å². The molecule has 2 atom stereocenters. The summed E-state index contributed by atoms with van der Waals surface area (Å²) in [4.78, 5) is 26.0. The van der Waals surface area contributed by atoms with Gasteiger partial charge in [0, 0.05) is 17.0 Å². The van der Waals surface area contributed by atoms with Crippen LogP contribution in [0.5, 0.6) is 11.6 Å². The molecule has 1 fully saturated rings. The molecule has 1 amide bonds. The summed E-state index contributed by atoms with van der Waals surface area (Å²) < 4.78 is 16.1. The summed E-state index contributed by atoms with van der Waals surface area (Å²) in [6.07, 6.45) is 5.29. The zero-order chi connectivity index (χ0) is 25.1. The van der Waals surface area contributed by atoms with Gasteiger partial charge in [-0.05, 0) is 47.9 Å². The van der Waals surface area contributed by atoms with E-state index in [9.17, 15) is 4.79 Å². The van der Waals surface area contributed by atoms with Gasteiger partial charge in [-0.3, -0.25) is 9.89 Å². The van der Waals surface area contributed by atoms with Crippen LogP contribution in [-0.4, -0.2) is 45.3 Å². The third-order valence-electron chi connectivity index (χ3n) is 7.13. The highest BCUT2D eigenvalue weighted by Crippen LogP contribution is 2.65. The maximum Gasteiger partial charge on any atom is 0.257 e. The highest BCUT2D eigenvalue weighted by molar-refractivity contribution is 6.10. The van der Waals surface area contributed by atoms with E-state index in [1.54, 1.807) is 13.3 Å². The molecule has 7 rings (SSSR count). The smallest absolute Gasteiger partial charge is 0.257 e. The quantitative estimate of drug-likeness (QED) is 0.317. The fourth-order valence-electron chi connectivity index (χ4n) is 5.22. The third-order valence-corrected chi connectivity index (χ3v) is 7.13. The molecule has 11 heteroatoms. The first-order valence-corrected chi connectivity index (χ1v) is 11.7. The van der Waals surface area contributed by atoms with Crippen LogP contribution in [0.2, 0.25) is 0 Å². The molecule has 0 bridgehead atoms. The molecule has 0 saturated heterocycles. The fourth-order valence-corrected chi connectivity index (χ4v) is 5.22. The molecule has 1 spiro atoms. The molecule has 0 unspecified atom stereocenters. The number of H-pyrrole nitrogens is 1. The average Bonchev–Trinajstić information content (AvgIpc) is 3.20. The average molecular weight is 495 g/mol. The zero-order valence-corrected chi connectivity index (χ0v) is 19.9. The first kappa shape index (κ1) is 21.4. The molecule has 2 aromatic carbocycles. The van der Waals surface area contributed by atoms with Gasteiger partial charge in [-0.25, -0.2) is 15.0 Å². The van der Waals surface area contributed by atoms with Gasteiger partial charge in [0.05, 0.1) is 37.5 Å². The van der Waals surface area contributed by atoms with Crippen molar-refractivity contribution < 1.29 is 18.7 Å². The number of aromatic nitrogens is 5. The van der Waals surface area contributed by atoms with Gasteiger partial charge < -0.3 is 24.5 Å². The summed E-state index contributed by atoms with van der Waals surface area (Å²) in [5, 5.41) is 14.6. The number of aromatic amines is 1. The molecule has 1 aliphatic heterocycles. The molecule has 37 heavy (non-hydrogen) atoms. The van der Waals surface area contributed by atoms with E-state index in [0.29, 0.717) is 29.1 Å². The number of nitrogens with zero attached hydrogens (tertiary/aromatic N) is 4. The van der Waals surface area contributed by atoms with E-state index in [4.69, 9.17) is 13.9 Å². The maximum atomic E-state index is 13.0. The Morgan fingerprint density at radius 3 is 2.84 bits per heavy atom. The Bertz CT molecular complexity index is 1680. The van der Waals surface area contributed by atoms with Crippen LogP contribution in [0.15, 0.2) is 59.5 Å². The topological polar surface area (TPSA) is 140 Å². The van der Waals surface area contributed by atoms with Crippen LogP contribution in [0.3, 0.4) is 0 Å². The second kappa shape index (κ2) is 7.79. The molecular weight excluding hydrogens is 474 g/mol. The Hall–Kier alpha value is -4.93. The highest BCUT2D eigenvalue weighted by Gasteiger charge is 2.65. The second-order valence-corrected chi connectivity index (χ2v) is 9.05. The molecule has 184 valence electrons. The van der Waals surface area contributed by atoms with Gasteiger partial charge in [0.25, 0.3) is 5.88 Å². The van der Waals surface area contributed by atoms with Crippen molar-refractivity contribution in [2.75, 3.05) is 24.9 Å². The van der Waals surface area contributed by atoms with Crippen LogP contribution in [-0.2, 0) is 10.2 Å². The summed E-state index contributed by atoms with van der Waals surface area (Å²) in [7, 11) is 3.15. The number of nitrogens with one attached hydrogen (secondary N) is 3. The van der Waals surface area contributed by atoms with E-state index >= 15 is 0 Å². The number of carbonyl (C=O) groups excluding carboxylic acids is 1. The Labute approximate surface area is 210 Å². The van der Waals surface area contributed by atoms with Gasteiger partial charge in [-0.1, -0.05) is 6.07 Å². The summed E-state index contributed by atoms with van der Waals surface area (Å²) in [5.41, 5.74) is 3.64. The van der Waals surface area contributed by atoms with Gasteiger partial charge >= 0.3 is 0 Å². The van der Waals surface area contributed by atoms with Gasteiger partial charge in [-0.15, -0.1) is 0 Å². The van der Waals surface area contributed by atoms with E-state index in [0.717, 1.165) is 39.9 Å². The lowest BCUT2D eigenvalue weighted by atomic mass is 9.91. The molecular formula is C26H21N7O4. The number of fused-ring (bicyclic) bond motifs is 3. The van der Waals surface area contributed by atoms with Crippen LogP contribution < -0.4 is 20.1 Å². The van der Waals surface area contributed by atoms with Gasteiger partial charge in [0.2, 0.25) is 11.8 Å². The fraction of sp³-hybridized carbons (Fsp3) is 0.192. The third kappa shape index (κ3) is 3.17. The largest absolute Gasteiger partial charge is 0.497 e. The summed E-state index contributed by atoms with van der Waals surface area (Å²) in [6, 6.07) is 11.8. The number of methoxy groups -OCH3 is 2. The van der Waals surface area contributed by atoms with E-state index in [2.05, 4.69) is 35.8 Å². The maximum absolute atomic E-state index is 13.0. The van der Waals surface area contributed by atoms with E-state index in [1.165, 1.54) is 19.6 Å². The lowest BCUT2D eigenvalue weighted by molar-refractivity contribution is -0.118. The lowest BCUT2D eigenvalue weighted by Crippen LogP contribution is -2.21. The summed E-state index contributed by atoms with van der Waals surface area (Å²) in [5.74, 6) is 2.44.